The molecule has 1 fully saturated rings. The van der Waals surface area contributed by atoms with Crippen molar-refractivity contribution in [1.29, 1.82) is 0 Å². The van der Waals surface area contributed by atoms with Gasteiger partial charge >= 0.3 is 0 Å². The third-order valence-electron chi connectivity index (χ3n) is 4.59. The zero-order valence-electron chi connectivity index (χ0n) is 16.4. The molecule has 2 aromatic rings. The number of ether oxygens (including phenoxy) is 2. The van der Waals surface area contributed by atoms with Gasteiger partial charge in [0.2, 0.25) is 0 Å². The van der Waals surface area contributed by atoms with E-state index in [1.165, 1.54) is 5.56 Å². The zero-order chi connectivity index (χ0) is 19.3. The minimum atomic E-state index is 0.291. The van der Waals surface area contributed by atoms with Crippen LogP contribution in [0, 0.1) is 0 Å². The van der Waals surface area contributed by atoms with E-state index < -0.39 is 0 Å². The van der Waals surface area contributed by atoms with Gasteiger partial charge in [0.1, 0.15) is 5.76 Å². The van der Waals surface area contributed by atoms with E-state index >= 15 is 0 Å². The summed E-state index contributed by atoms with van der Waals surface area (Å²) >= 11 is 0. The molecule has 1 aromatic carbocycles. The summed E-state index contributed by atoms with van der Waals surface area (Å²) in [6.07, 6.45) is 6.02. The Morgan fingerprint density at radius 3 is 2.79 bits per heavy atom. The molecule has 0 saturated carbocycles. The maximum Gasteiger partial charge on any atom is 0.191 e. The molecule has 0 bridgehead atoms. The molecule has 1 atom stereocenters. The Balaban J connectivity index is 1.37. The summed E-state index contributed by atoms with van der Waals surface area (Å²) in [5, 5.41) is 6.78. The smallest absolute Gasteiger partial charge is 0.191 e. The SMILES string of the molecule is c1ccc(CN=C(NCCCOCC2CCCO2)NCCc2ccco2)cc1. The van der Waals surface area contributed by atoms with Crippen molar-refractivity contribution in [2.75, 3.05) is 32.9 Å². The maximum absolute atomic E-state index is 5.72. The number of nitrogens with zero attached hydrogens (tertiary/aromatic N) is 1. The number of hydrogen-bond donors (Lipinski definition) is 2. The van der Waals surface area contributed by atoms with Crippen molar-refractivity contribution in [3.63, 3.8) is 0 Å². The summed E-state index contributed by atoms with van der Waals surface area (Å²) in [5.41, 5.74) is 1.19. The monoisotopic (exact) mass is 385 g/mol. The van der Waals surface area contributed by atoms with Crippen LogP contribution in [0.4, 0.5) is 0 Å². The molecular formula is C22H31N3O3. The quantitative estimate of drug-likeness (QED) is 0.353. The molecule has 6 nitrogen and oxygen atoms in total. The van der Waals surface area contributed by atoms with Gasteiger partial charge in [0.05, 0.1) is 25.5 Å². The van der Waals surface area contributed by atoms with Gasteiger partial charge in [-0.3, -0.25) is 0 Å². The molecule has 152 valence electrons. The number of rotatable bonds is 11. The van der Waals surface area contributed by atoms with Gasteiger partial charge in [0, 0.05) is 32.7 Å². The van der Waals surface area contributed by atoms with Gasteiger partial charge in [0.25, 0.3) is 0 Å². The Labute approximate surface area is 167 Å². The highest BCUT2D eigenvalue weighted by atomic mass is 16.5. The molecule has 1 saturated heterocycles. The van der Waals surface area contributed by atoms with E-state index in [1.807, 2.05) is 30.3 Å². The Bertz CT molecular complexity index is 668. The largest absolute Gasteiger partial charge is 0.469 e. The van der Waals surface area contributed by atoms with Crippen LogP contribution in [-0.4, -0.2) is 45.0 Å². The molecule has 1 aliphatic heterocycles. The topological polar surface area (TPSA) is 68.0 Å². The summed E-state index contributed by atoms with van der Waals surface area (Å²) in [5.74, 6) is 1.78. The number of nitrogens with one attached hydrogen (secondary N) is 2. The summed E-state index contributed by atoms with van der Waals surface area (Å²) in [6, 6.07) is 14.2. The first kappa shape index (κ1) is 20.4. The molecule has 0 radical (unpaired) electrons. The average Bonchev–Trinajstić information content (AvgIpc) is 3.43. The fourth-order valence-electron chi connectivity index (χ4n) is 3.06. The van der Waals surface area contributed by atoms with Crippen molar-refractivity contribution in [1.82, 2.24) is 10.6 Å². The Hall–Kier alpha value is -2.31. The molecule has 3 rings (SSSR count). The predicted molar refractivity (Wildman–Crippen MR) is 110 cm³/mol. The fraction of sp³-hybridized carbons (Fsp3) is 0.500. The summed E-state index contributed by atoms with van der Waals surface area (Å²) in [6.45, 7) is 4.53. The van der Waals surface area contributed by atoms with Crippen molar-refractivity contribution < 1.29 is 13.9 Å². The second-order valence-electron chi connectivity index (χ2n) is 6.90. The first-order valence-corrected chi connectivity index (χ1v) is 10.2. The Morgan fingerprint density at radius 2 is 2.00 bits per heavy atom. The van der Waals surface area contributed by atoms with Crippen LogP contribution in [-0.2, 0) is 22.4 Å². The Kier molecular flexibility index (Phi) is 8.91. The lowest BCUT2D eigenvalue weighted by Gasteiger charge is -2.13. The van der Waals surface area contributed by atoms with E-state index in [9.17, 15) is 0 Å². The van der Waals surface area contributed by atoms with E-state index in [0.717, 1.165) is 63.7 Å². The lowest BCUT2D eigenvalue weighted by molar-refractivity contribution is 0.0168. The summed E-state index contributed by atoms with van der Waals surface area (Å²) < 4.78 is 16.7. The van der Waals surface area contributed by atoms with Crippen LogP contribution in [0.5, 0.6) is 0 Å². The van der Waals surface area contributed by atoms with E-state index in [-0.39, 0.29) is 0 Å². The van der Waals surface area contributed by atoms with Crippen LogP contribution in [0.25, 0.3) is 0 Å². The molecule has 0 amide bonds. The minimum Gasteiger partial charge on any atom is -0.469 e. The number of benzene rings is 1. The van der Waals surface area contributed by atoms with Crippen molar-refractivity contribution in [3.8, 4) is 0 Å². The highest BCUT2D eigenvalue weighted by Crippen LogP contribution is 2.11. The average molecular weight is 386 g/mol. The predicted octanol–water partition coefficient (Wildman–Crippen LogP) is 3.14. The first-order valence-electron chi connectivity index (χ1n) is 10.2. The molecule has 2 N–H and O–H groups in total. The molecule has 28 heavy (non-hydrogen) atoms. The van der Waals surface area contributed by atoms with Crippen LogP contribution in [0.3, 0.4) is 0 Å². The standard InChI is InChI=1S/C22H31N3O3/c1-2-7-19(8-3-1)17-25-22(24-13-11-20-9-4-15-27-20)23-12-6-14-26-18-21-10-5-16-28-21/h1-4,7-9,15,21H,5-6,10-14,16-18H2,(H2,23,24,25). The second-order valence-corrected chi connectivity index (χ2v) is 6.90. The van der Waals surface area contributed by atoms with Crippen LogP contribution in [0.15, 0.2) is 58.1 Å². The van der Waals surface area contributed by atoms with Gasteiger partial charge in [-0.15, -0.1) is 0 Å². The molecule has 1 aliphatic rings. The molecule has 1 aromatic heterocycles. The fourth-order valence-corrected chi connectivity index (χ4v) is 3.06. The summed E-state index contributed by atoms with van der Waals surface area (Å²) in [7, 11) is 0. The van der Waals surface area contributed by atoms with Crippen molar-refractivity contribution in [2.45, 2.75) is 38.3 Å². The van der Waals surface area contributed by atoms with E-state index in [4.69, 9.17) is 18.9 Å². The van der Waals surface area contributed by atoms with Crippen LogP contribution in [0.2, 0.25) is 0 Å². The van der Waals surface area contributed by atoms with Gasteiger partial charge in [-0.1, -0.05) is 30.3 Å². The number of aliphatic imine (C=N–C) groups is 1. The molecule has 6 heteroatoms. The van der Waals surface area contributed by atoms with Gasteiger partial charge in [-0.05, 0) is 37.0 Å². The molecule has 2 heterocycles. The van der Waals surface area contributed by atoms with Gasteiger partial charge in [-0.2, -0.15) is 0 Å². The normalized spacial score (nSPS) is 17.0. The molecular weight excluding hydrogens is 354 g/mol. The van der Waals surface area contributed by atoms with Gasteiger partial charge < -0.3 is 24.5 Å². The molecule has 0 spiro atoms. The summed E-state index contributed by atoms with van der Waals surface area (Å²) in [4.78, 5) is 4.70. The van der Waals surface area contributed by atoms with Gasteiger partial charge in [-0.25, -0.2) is 4.99 Å². The third-order valence-corrected chi connectivity index (χ3v) is 4.59. The highest BCUT2D eigenvalue weighted by molar-refractivity contribution is 5.79. The molecule has 0 aliphatic carbocycles. The van der Waals surface area contributed by atoms with Crippen molar-refractivity contribution >= 4 is 5.96 Å². The Morgan fingerprint density at radius 1 is 1.11 bits per heavy atom. The number of hydrogen-bond acceptors (Lipinski definition) is 4. The minimum absolute atomic E-state index is 0.291. The first-order chi connectivity index (χ1) is 13.9. The van der Waals surface area contributed by atoms with Crippen LogP contribution in [0.1, 0.15) is 30.6 Å². The van der Waals surface area contributed by atoms with E-state index in [2.05, 4.69) is 22.8 Å². The van der Waals surface area contributed by atoms with Crippen molar-refractivity contribution in [3.05, 3.63) is 60.1 Å². The number of furan rings is 1. The van der Waals surface area contributed by atoms with Crippen LogP contribution >= 0.6 is 0 Å². The maximum atomic E-state index is 5.72. The zero-order valence-corrected chi connectivity index (χ0v) is 16.4. The van der Waals surface area contributed by atoms with Crippen molar-refractivity contribution in [2.24, 2.45) is 4.99 Å². The lowest BCUT2D eigenvalue weighted by atomic mass is 10.2. The lowest BCUT2D eigenvalue weighted by Crippen LogP contribution is -2.39. The second kappa shape index (κ2) is 12.2. The molecule has 1 unspecified atom stereocenters. The van der Waals surface area contributed by atoms with Crippen LogP contribution < -0.4 is 10.6 Å². The highest BCUT2D eigenvalue weighted by Gasteiger charge is 2.14. The number of guanidine groups is 1. The third kappa shape index (κ3) is 7.74. The van der Waals surface area contributed by atoms with Gasteiger partial charge in [0.15, 0.2) is 5.96 Å². The van der Waals surface area contributed by atoms with E-state index in [1.54, 1.807) is 6.26 Å². The van der Waals surface area contributed by atoms with E-state index in [0.29, 0.717) is 19.3 Å².